The zero-order valence-corrected chi connectivity index (χ0v) is 41.0. The number of rotatable bonds is 20. The van der Waals surface area contributed by atoms with Gasteiger partial charge < -0.3 is 0 Å². The third-order valence-corrected chi connectivity index (χ3v) is 17.0. The Morgan fingerprint density at radius 1 is 0.367 bits per heavy atom. The van der Waals surface area contributed by atoms with E-state index >= 15 is 0 Å². The zero-order valence-electron chi connectivity index (χ0n) is 34.6. The van der Waals surface area contributed by atoms with Gasteiger partial charge in [0.1, 0.15) is 0 Å². The van der Waals surface area contributed by atoms with Gasteiger partial charge in [-0.25, -0.2) is 9.97 Å². The van der Waals surface area contributed by atoms with Gasteiger partial charge in [0.05, 0.1) is 30.0 Å². The standard InChI is InChI=1S/C52H52Br2N2S4/c1-3-5-7-9-11-13-15-39-25-29-43(57-39)35-17-21-37(22-18-35)49-50(38-23-19-36(20-24-38)44-30-26-40(58-44)16-14-12-10-8-6-4-2)56-52-42(46-32-34-48(54)60-46)28-27-41(51(52)55-49)45-31-33-47(53)59-45/h17-34H,3-16H2,1-2H3. The van der Waals surface area contributed by atoms with Crippen molar-refractivity contribution in [2.24, 2.45) is 0 Å². The van der Waals surface area contributed by atoms with Crippen molar-refractivity contribution in [2.75, 3.05) is 0 Å². The fourth-order valence-corrected chi connectivity index (χ4v) is 12.9. The van der Waals surface area contributed by atoms with E-state index in [1.165, 1.54) is 130 Å². The molecular weight excluding hydrogens is 941 g/mol. The van der Waals surface area contributed by atoms with E-state index in [9.17, 15) is 0 Å². The number of aryl methyl sites for hydroxylation is 2. The highest BCUT2D eigenvalue weighted by molar-refractivity contribution is 9.11. The summed E-state index contributed by atoms with van der Waals surface area (Å²) in [5.74, 6) is 0. The second-order valence-electron chi connectivity index (χ2n) is 15.7. The summed E-state index contributed by atoms with van der Waals surface area (Å²) >= 11 is 14.8. The lowest BCUT2D eigenvalue weighted by molar-refractivity contribution is 0.609. The SMILES string of the molecule is CCCCCCCCc1ccc(-c2ccc(-c3nc4c(-c5ccc(Br)s5)ccc(-c5ccc(Br)s5)c4nc3-c3ccc(-c4ccc(CCCCCCCC)s4)cc3)cc2)s1. The van der Waals surface area contributed by atoms with E-state index in [1.807, 2.05) is 22.7 Å². The number of hydrogen-bond acceptors (Lipinski definition) is 6. The highest BCUT2D eigenvalue weighted by Gasteiger charge is 2.21. The zero-order chi connectivity index (χ0) is 41.3. The Hall–Kier alpha value is -3.24. The largest absolute Gasteiger partial charge is 0.243 e. The van der Waals surface area contributed by atoms with Gasteiger partial charge in [-0.05, 0) is 117 Å². The van der Waals surface area contributed by atoms with Crippen LogP contribution in [-0.2, 0) is 12.8 Å². The summed E-state index contributed by atoms with van der Waals surface area (Å²) in [5, 5.41) is 0. The van der Waals surface area contributed by atoms with E-state index in [1.54, 1.807) is 22.7 Å². The van der Waals surface area contributed by atoms with E-state index < -0.39 is 0 Å². The summed E-state index contributed by atoms with van der Waals surface area (Å²) in [6.07, 6.45) is 18.3. The molecule has 8 aromatic rings. The van der Waals surface area contributed by atoms with Crippen LogP contribution in [0.4, 0.5) is 0 Å². The van der Waals surface area contributed by atoms with Gasteiger partial charge in [-0.3, -0.25) is 0 Å². The second kappa shape index (κ2) is 21.2. The molecule has 60 heavy (non-hydrogen) atoms. The van der Waals surface area contributed by atoms with Crippen molar-refractivity contribution < 1.29 is 0 Å². The first kappa shape index (κ1) is 43.4. The summed E-state index contributed by atoms with van der Waals surface area (Å²) < 4.78 is 2.20. The first-order valence-corrected chi connectivity index (χ1v) is 26.6. The minimum Gasteiger partial charge on any atom is -0.243 e. The molecule has 8 heteroatoms. The van der Waals surface area contributed by atoms with Crippen molar-refractivity contribution in [1.82, 2.24) is 9.97 Å². The Labute approximate surface area is 389 Å². The number of unbranched alkanes of at least 4 members (excludes halogenated alkanes) is 10. The van der Waals surface area contributed by atoms with Crippen molar-refractivity contribution in [1.29, 1.82) is 0 Å². The fourth-order valence-electron chi connectivity index (χ4n) is 7.93. The second-order valence-corrected chi connectivity index (χ2v) is 23.0. The summed E-state index contributed by atoms with van der Waals surface area (Å²) in [6, 6.07) is 40.4. The smallest absolute Gasteiger partial charge is 0.0988 e. The van der Waals surface area contributed by atoms with Crippen LogP contribution < -0.4 is 0 Å². The molecule has 8 rings (SSSR count). The van der Waals surface area contributed by atoms with Gasteiger partial charge in [0, 0.05) is 51.5 Å². The molecule has 0 aliphatic heterocycles. The summed E-state index contributed by atoms with van der Waals surface area (Å²) in [5.41, 5.74) is 10.5. The number of aromatic nitrogens is 2. The molecule has 308 valence electrons. The summed E-state index contributed by atoms with van der Waals surface area (Å²) in [4.78, 5) is 19.2. The van der Waals surface area contributed by atoms with Crippen molar-refractivity contribution >= 4 is 88.2 Å². The Balaban J connectivity index is 1.14. The molecule has 0 N–H and O–H groups in total. The highest BCUT2D eigenvalue weighted by atomic mass is 79.9. The van der Waals surface area contributed by atoms with Crippen molar-refractivity contribution in [3.63, 3.8) is 0 Å². The van der Waals surface area contributed by atoms with Gasteiger partial charge in [-0.1, -0.05) is 139 Å². The molecule has 2 nitrogen and oxygen atoms in total. The molecule has 0 aliphatic carbocycles. The molecule has 3 aromatic carbocycles. The van der Waals surface area contributed by atoms with Crippen LogP contribution in [0.25, 0.3) is 75.3 Å². The molecule has 0 unspecified atom stereocenters. The summed E-state index contributed by atoms with van der Waals surface area (Å²) in [7, 11) is 0. The molecule has 5 aromatic heterocycles. The number of hydrogen-bond donors (Lipinski definition) is 0. The number of thiophene rings is 4. The van der Waals surface area contributed by atoms with Crippen LogP contribution in [0.2, 0.25) is 0 Å². The third-order valence-electron chi connectivity index (χ3n) is 11.3. The van der Waals surface area contributed by atoms with Crippen molar-refractivity contribution in [2.45, 2.75) is 104 Å². The molecule has 0 fully saturated rings. The third kappa shape index (κ3) is 10.7. The van der Waals surface area contributed by atoms with Gasteiger partial charge in [0.2, 0.25) is 0 Å². The number of fused-ring (bicyclic) bond motifs is 1. The lowest BCUT2D eigenvalue weighted by atomic mass is 9.99. The molecule has 0 bridgehead atoms. The predicted octanol–water partition coefficient (Wildman–Crippen LogP) is 19.2. The molecule has 0 aliphatic rings. The minimum absolute atomic E-state index is 0.899. The van der Waals surface area contributed by atoms with E-state index in [-0.39, 0.29) is 0 Å². The van der Waals surface area contributed by atoms with Crippen LogP contribution in [0.1, 0.15) is 101 Å². The van der Waals surface area contributed by atoms with E-state index in [0.29, 0.717) is 0 Å². The molecule has 0 amide bonds. The van der Waals surface area contributed by atoms with Crippen LogP contribution in [0, 0.1) is 0 Å². The maximum atomic E-state index is 5.63. The molecule has 5 heterocycles. The van der Waals surface area contributed by atoms with Gasteiger partial charge in [0.15, 0.2) is 0 Å². The van der Waals surface area contributed by atoms with Gasteiger partial charge >= 0.3 is 0 Å². The van der Waals surface area contributed by atoms with Crippen LogP contribution in [0.15, 0.2) is 117 Å². The molecule has 0 spiro atoms. The van der Waals surface area contributed by atoms with Gasteiger partial charge in [-0.15, -0.1) is 45.3 Å². The number of nitrogens with zero attached hydrogens (tertiary/aromatic N) is 2. The maximum absolute atomic E-state index is 5.63. The van der Waals surface area contributed by atoms with Crippen LogP contribution >= 0.6 is 77.2 Å². The lowest BCUT2D eigenvalue weighted by Crippen LogP contribution is -1.98. The van der Waals surface area contributed by atoms with E-state index in [0.717, 1.165) is 52.2 Å². The molecule has 0 atom stereocenters. The Bertz CT molecular complexity index is 2430. The predicted molar refractivity (Wildman–Crippen MR) is 273 cm³/mol. The van der Waals surface area contributed by atoms with Crippen molar-refractivity contribution in [3.8, 4) is 64.3 Å². The Morgan fingerprint density at radius 3 is 1.12 bits per heavy atom. The van der Waals surface area contributed by atoms with Gasteiger partial charge in [0.25, 0.3) is 0 Å². The normalized spacial score (nSPS) is 11.6. The average Bonchev–Trinajstić information content (AvgIpc) is 4.12. The molecule has 0 saturated heterocycles. The molecule has 0 radical (unpaired) electrons. The van der Waals surface area contributed by atoms with Crippen LogP contribution in [0.3, 0.4) is 0 Å². The Morgan fingerprint density at radius 2 is 0.733 bits per heavy atom. The maximum Gasteiger partial charge on any atom is 0.0988 e. The first-order chi connectivity index (χ1) is 29.5. The van der Waals surface area contributed by atoms with Crippen LogP contribution in [-0.4, -0.2) is 9.97 Å². The van der Waals surface area contributed by atoms with E-state index in [4.69, 9.17) is 9.97 Å². The van der Waals surface area contributed by atoms with Gasteiger partial charge in [-0.2, -0.15) is 0 Å². The summed E-state index contributed by atoms with van der Waals surface area (Å²) in [6.45, 7) is 4.57. The van der Waals surface area contributed by atoms with E-state index in [2.05, 4.69) is 155 Å². The lowest BCUT2D eigenvalue weighted by Gasteiger charge is -2.15. The van der Waals surface area contributed by atoms with Crippen molar-refractivity contribution in [3.05, 3.63) is 127 Å². The number of benzene rings is 3. The Kier molecular flexibility index (Phi) is 15.4. The fraction of sp³-hybridized carbons (Fsp3) is 0.308. The minimum atomic E-state index is 0.899. The first-order valence-electron chi connectivity index (χ1n) is 21.7. The monoisotopic (exact) mass is 990 g/mol. The number of halogens is 2. The molecular formula is C52H52Br2N2S4. The average molecular weight is 993 g/mol. The highest BCUT2D eigenvalue weighted by Crippen LogP contribution is 2.43. The molecule has 0 saturated carbocycles. The quantitative estimate of drug-likeness (QED) is 0.0711. The van der Waals surface area contributed by atoms with Crippen LogP contribution in [0.5, 0.6) is 0 Å². The topological polar surface area (TPSA) is 25.8 Å².